The maximum atomic E-state index is 12.0. The molecule has 1 amide bonds. The molecule has 1 fully saturated rings. The van der Waals surface area contributed by atoms with E-state index < -0.39 is 5.60 Å². The van der Waals surface area contributed by atoms with Gasteiger partial charge in [-0.05, 0) is 33.6 Å². The topological polar surface area (TPSA) is 37.1 Å². The molecule has 2 aliphatic rings. The van der Waals surface area contributed by atoms with Gasteiger partial charge < -0.3 is 9.64 Å². The Morgan fingerprint density at radius 2 is 2.00 bits per heavy atom. The predicted octanol–water partition coefficient (Wildman–Crippen LogP) is 2.50. The van der Waals surface area contributed by atoms with E-state index in [9.17, 15) is 4.79 Å². The summed E-state index contributed by atoms with van der Waals surface area (Å²) in [5.74, 6) is 0. The third-order valence-corrected chi connectivity index (χ3v) is 3.66. The molecule has 5 nitrogen and oxygen atoms in total. The van der Waals surface area contributed by atoms with Crippen LogP contribution in [0.15, 0.2) is 11.8 Å². The fourth-order valence-electron chi connectivity index (χ4n) is 2.63. The molecule has 0 bridgehead atoms. The van der Waals surface area contributed by atoms with Crippen LogP contribution in [-0.4, -0.2) is 53.7 Å². The average Bonchev–Trinajstić information content (AvgIpc) is 2.85. The van der Waals surface area contributed by atoms with Crippen molar-refractivity contribution in [2.75, 3.05) is 26.2 Å². The van der Waals surface area contributed by atoms with Crippen molar-refractivity contribution < 1.29 is 9.53 Å². The Balaban J connectivity index is 1.83. The Morgan fingerprint density at radius 1 is 1.35 bits per heavy atom. The summed E-state index contributed by atoms with van der Waals surface area (Å²) in [6.45, 7) is 15.8. The second-order valence-corrected chi connectivity index (χ2v) is 6.38. The lowest BCUT2D eigenvalue weighted by atomic mass is 10.2. The summed E-state index contributed by atoms with van der Waals surface area (Å²) in [6.07, 6.45) is 3.78. The Hall–Kier alpha value is -1.54. The highest BCUT2D eigenvalue weighted by molar-refractivity contribution is 5.68. The number of allylic oxidation sites excluding steroid dienone is 1. The van der Waals surface area contributed by atoms with E-state index in [1.165, 1.54) is 0 Å². The van der Waals surface area contributed by atoms with E-state index in [0.29, 0.717) is 19.1 Å². The molecule has 0 spiro atoms. The number of nitrogens with zero attached hydrogens (tertiary/aromatic N) is 3. The number of hydrogen-bond acceptors (Lipinski definition) is 3. The largest absolute Gasteiger partial charge is 0.444 e. The number of hydrogen-bond donors (Lipinski definition) is 0. The quantitative estimate of drug-likeness (QED) is 0.691. The van der Waals surface area contributed by atoms with Crippen LogP contribution in [0.2, 0.25) is 0 Å². The van der Waals surface area contributed by atoms with Gasteiger partial charge in [0.2, 0.25) is 0 Å². The highest BCUT2D eigenvalue weighted by Crippen LogP contribution is 2.24. The summed E-state index contributed by atoms with van der Waals surface area (Å²) in [7, 11) is 0. The van der Waals surface area contributed by atoms with Gasteiger partial charge in [0.05, 0.1) is 6.57 Å². The first kappa shape index (κ1) is 14.9. The molecule has 110 valence electrons. The molecule has 1 atom stereocenters. The molecule has 1 aliphatic carbocycles. The van der Waals surface area contributed by atoms with Crippen molar-refractivity contribution in [3.8, 4) is 0 Å². The van der Waals surface area contributed by atoms with Gasteiger partial charge in [-0.15, -0.1) is 0 Å². The molecule has 1 heterocycles. The Bertz CT molecular complexity index is 437. The van der Waals surface area contributed by atoms with Crippen molar-refractivity contribution >= 4 is 6.09 Å². The van der Waals surface area contributed by atoms with Crippen LogP contribution in [0.3, 0.4) is 0 Å². The van der Waals surface area contributed by atoms with Crippen LogP contribution in [0, 0.1) is 6.57 Å². The molecule has 1 aliphatic heterocycles. The van der Waals surface area contributed by atoms with Gasteiger partial charge in [0.25, 0.3) is 0 Å². The molecule has 0 aromatic rings. The van der Waals surface area contributed by atoms with Crippen LogP contribution < -0.4 is 0 Å². The smallest absolute Gasteiger partial charge is 0.410 e. The van der Waals surface area contributed by atoms with E-state index in [1.54, 1.807) is 4.90 Å². The van der Waals surface area contributed by atoms with E-state index in [4.69, 9.17) is 11.3 Å². The average molecular weight is 277 g/mol. The van der Waals surface area contributed by atoms with Gasteiger partial charge in [0, 0.05) is 32.2 Å². The summed E-state index contributed by atoms with van der Waals surface area (Å²) >= 11 is 0. The van der Waals surface area contributed by atoms with Gasteiger partial charge in [-0.1, -0.05) is 6.08 Å². The zero-order chi connectivity index (χ0) is 14.8. The van der Waals surface area contributed by atoms with Gasteiger partial charge in [-0.2, -0.15) is 0 Å². The number of rotatable bonds is 1. The Morgan fingerprint density at radius 3 is 2.50 bits per heavy atom. The molecule has 5 heteroatoms. The minimum Gasteiger partial charge on any atom is -0.444 e. The summed E-state index contributed by atoms with van der Waals surface area (Å²) in [5, 5.41) is 0. The standard InChI is InChI=1S/C15H23N3O2/c1-15(2,3)20-14(19)18-9-7-17(8-10-18)13-6-5-12(11-13)16-4/h11,13H,5-10H2,1-3H3. The minimum absolute atomic E-state index is 0.221. The first-order chi connectivity index (χ1) is 9.39. The zero-order valence-electron chi connectivity index (χ0n) is 12.6. The predicted molar refractivity (Wildman–Crippen MR) is 77.1 cm³/mol. The second kappa shape index (κ2) is 5.84. The molecular weight excluding hydrogens is 254 g/mol. The third kappa shape index (κ3) is 3.73. The van der Waals surface area contributed by atoms with Gasteiger partial charge in [0.1, 0.15) is 5.60 Å². The maximum absolute atomic E-state index is 12.0. The van der Waals surface area contributed by atoms with Gasteiger partial charge >= 0.3 is 6.09 Å². The van der Waals surface area contributed by atoms with E-state index >= 15 is 0 Å². The molecule has 0 saturated carbocycles. The summed E-state index contributed by atoms with van der Waals surface area (Å²) in [6, 6.07) is 0.375. The van der Waals surface area contributed by atoms with Crippen molar-refractivity contribution in [3.63, 3.8) is 0 Å². The first-order valence-electron chi connectivity index (χ1n) is 7.19. The number of carbonyl (C=O) groups excluding carboxylic acids is 1. The molecule has 0 radical (unpaired) electrons. The molecule has 1 unspecified atom stereocenters. The van der Waals surface area contributed by atoms with Crippen molar-refractivity contribution in [2.24, 2.45) is 0 Å². The molecule has 0 aromatic heterocycles. The van der Waals surface area contributed by atoms with Crippen LogP contribution in [0.1, 0.15) is 33.6 Å². The van der Waals surface area contributed by atoms with E-state index in [2.05, 4.69) is 15.8 Å². The SMILES string of the molecule is [C-]#[N+]C1=CC(N2CCN(C(=O)OC(C)(C)C)CC2)CC1. The second-order valence-electron chi connectivity index (χ2n) is 6.38. The highest BCUT2D eigenvalue weighted by atomic mass is 16.6. The first-order valence-corrected chi connectivity index (χ1v) is 7.19. The summed E-state index contributed by atoms with van der Waals surface area (Å²) in [5.41, 5.74) is 0.442. The number of piperazine rings is 1. The third-order valence-electron chi connectivity index (χ3n) is 3.66. The normalized spacial score (nSPS) is 24.2. The number of ether oxygens (including phenoxy) is 1. The molecular formula is C15H23N3O2. The number of amides is 1. The Labute approximate surface area is 121 Å². The maximum Gasteiger partial charge on any atom is 0.410 e. The van der Waals surface area contributed by atoms with Crippen LogP contribution in [0.4, 0.5) is 4.79 Å². The number of carbonyl (C=O) groups is 1. The van der Waals surface area contributed by atoms with Crippen LogP contribution in [-0.2, 0) is 4.74 Å². The monoisotopic (exact) mass is 277 g/mol. The van der Waals surface area contributed by atoms with Crippen LogP contribution in [0.25, 0.3) is 4.85 Å². The zero-order valence-corrected chi connectivity index (χ0v) is 12.6. The van der Waals surface area contributed by atoms with Crippen molar-refractivity contribution in [1.82, 2.24) is 9.80 Å². The Kier molecular flexibility index (Phi) is 4.34. The van der Waals surface area contributed by atoms with Crippen LogP contribution in [0.5, 0.6) is 0 Å². The van der Waals surface area contributed by atoms with Crippen LogP contribution >= 0.6 is 0 Å². The molecule has 2 rings (SSSR count). The van der Waals surface area contributed by atoms with Crippen molar-refractivity contribution in [1.29, 1.82) is 0 Å². The van der Waals surface area contributed by atoms with Gasteiger partial charge in [-0.25, -0.2) is 9.64 Å². The van der Waals surface area contributed by atoms with Gasteiger partial charge in [-0.3, -0.25) is 4.90 Å². The lowest BCUT2D eigenvalue weighted by Crippen LogP contribution is -2.52. The molecule has 0 N–H and O–H groups in total. The summed E-state index contributed by atoms with van der Waals surface area (Å²) in [4.78, 5) is 19.6. The van der Waals surface area contributed by atoms with Crippen molar-refractivity contribution in [3.05, 3.63) is 23.2 Å². The minimum atomic E-state index is -0.438. The van der Waals surface area contributed by atoms with E-state index in [-0.39, 0.29) is 6.09 Å². The molecule has 0 aromatic carbocycles. The van der Waals surface area contributed by atoms with Crippen molar-refractivity contribution in [2.45, 2.75) is 45.3 Å². The summed E-state index contributed by atoms with van der Waals surface area (Å²) < 4.78 is 5.39. The molecule has 1 saturated heterocycles. The molecule has 20 heavy (non-hydrogen) atoms. The fourth-order valence-corrected chi connectivity index (χ4v) is 2.63. The highest BCUT2D eigenvalue weighted by Gasteiger charge is 2.29. The van der Waals surface area contributed by atoms with Gasteiger partial charge in [0.15, 0.2) is 5.70 Å². The van der Waals surface area contributed by atoms with E-state index in [0.717, 1.165) is 31.6 Å². The lowest BCUT2D eigenvalue weighted by Gasteiger charge is -2.38. The van der Waals surface area contributed by atoms with E-state index in [1.807, 2.05) is 20.8 Å². The fraction of sp³-hybridized carbons (Fsp3) is 0.733. The lowest BCUT2D eigenvalue weighted by molar-refractivity contribution is 0.0123.